The van der Waals surface area contributed by atoms with Crippen LogP contribution in [0.2, 0.25) is 0 Å². The van der Waals surface area contributed by atoms with E-state index < -0.39 is 10.0 Å². The number of halogens is 1. The van der Waals surface area contributed by atoms with Gasteiger partial charge in [0.05, 0.1) is 10.6 Å². The molecular weight excluding hydrogens is 457 g/mol. The molecule has 2 N–H and O–H groups in total. The van der Waals surface area contributed by atoms with Crippen LogP contribution in [0, 0.1) is 5.82 Å². The fourth-order valence-electron chi connectivity index (χ4n) is 4.00. The smallest absolute Gasteiger partial charge is 0.264 e. The van der Waals surface area contributed by atoms with Crippen molar-refractivity contribution in [2.24, 2.45) is 0 Å². The van der Waals surface area contributed by atoms with E-state index in [1.54, 1.807) is 30.3 Å². The summed E-state index contributed by atoms with van der Waals surface area (Å²) in [4.78, 5) is 0.172. The first-order valence-electron chi connectivity index (χ1n) is 10.9. The molecule has 1 unspecified atom stereocenters. The van der Waals surface area contributed by atoms with Gasteiger partial charge in [-0.05, 0) is 104 Å². The van der Waals surface area contributed by atoms with Gasteiger partial charge >= 0.3 is 0 Å². The van der Waals surface area contributed by atoms with Crippen molar-refractivity contribution in [3.05, 3.63) is 83.7 Å². The number of hydrogen-bond donors (Lipinski definition) is 2. The van der Waals surface area contributed by atoms with Gasteiger partial charge in [0.15, 0.2) is 5.11 Å². The second kappa shape index (κ2) is 9.49. The third kappa shape index (κ3) is 5.02. The molecule has 0 spiro atoms. The molecule has 0 radical (unpaired) electrons. The lowest BCUT2D eigenvalue weighted by atomic mass is 9.99. The first-order valence-corrected chi connectivity index (χ1v) is 12.7. The van der Waals surface area contributed by atoms with Gasteiger partial charge in [-0.1, -0.05) is 19.1 Å². The number of rotatable bonds is 5. The predicted molar refractivity (Wildman–Crippen MR) is 136 cm³/mol. The number of nitrogens with one attached hydrogen (secondary N) is 2. The minimum atomic E-state index is -3.80. The molecule has 0 saturated carbocycles. The van der Waals surface area contributed by atoms with Crippen molar-refractivity contribution >= 4 is 44.4 Å². The molecule has 1 aliphatic rings. The lowest BCUT2D eigenvalue weighted by molar-refractivity contribution is 0.560. The molecule has 5 nitrogen and oxygen atoms in total. The van der Waals surface area contributed by atoms with Crippen LogP contribution in [0.15, 0.2) is 71.6 Å². The van der Waals surface area contributed by atoms with E-state index >= 15 is 0 Å². The summed E-state index contributed by atoms with van der Waals surface area (Å²) in [6.07, 6.45) is 2.25. The van der Waals surface area contributed by atoms with E-state index in [0.717, 1.165) is 12.1 Å². The normalized spacial score (nSPS) is 15.6. The summed E-state index contributed by atoms with van der Waals surface area (Å²) < 4.78 is 42.0. The number of thiocarbonyl (C=S) groups is 1. The fraction of sp³-hybridized carbons (Fsp3) is 0.240. The zero-order valence-electron chi connectivity index (χ0n) is 18.5. The van der Waals surface area contributed by atoms with Crippen LogP contribution in [0.1, 0.15) is 31.4 Å². The van der Waals surface area contributed by atoms with E-state index in [1.165, 1.54) is 22.0 Å². The molecule has 0 fully saturated rings. The van der Waals surface area contributed by atoms with Crippen LogP contribution in [-0.2, 0) is 22.9 Å². The summed E-state index contributed by atoms with van der Waals surface area (Å²) in [6.45, 7) is 3.97. The molecule has 1 atom stereocenters. The van der Waals surface area contributed by atoms with Crippen LogP contribution in [0.3, 0.4) is 0 Å². The van der Waals surface area contributed by atoms with E-state index in [-0.39, 0.29) is 16.8 Å². The number of sulfonamides is 1. The van der Waals surface area contributed by atoms with Crippen LogP contribution in [0.5, 0.6) is 0 Å². The van der Waals surface area contributed by atoms with Crippen molar-refractivity contribution in [3.8, 4) is 0 Å². The predicted octanol–water partition coefficient (Wildman–Crippen LogP) is 5.73. The Bertz CT molecular complexity index is 1260. The molecule has 1 heterocycles. The van der Waals surface area contributed by atoms with Gasteiger partial charge in [0, 0.05) is 17.4 Å². The van der Waals surface area contributed by atoms with Gasteiger partial charge in [-0.25, -0.2) is 12.8 Å². The Balaban J connectivity index is 1.50. The molecule has 0 aromatic heterocycles. The minimum absolute atomic E-state index is 0.172. The van der Waals surface area contributed by atoms with Crippen LogP contribution in [0.4, 0.5) is 21.5 Å². The maximum Gasteiger partial charge on any atom is 0.264 e. The third-order valence-corrected chi connectivity index (χ3v) is 7.95. The number of benzene rings is 3. The van der Waals surface area contributed by atoms with Crippen LogP contribution in [-0.4, -0.2) is 19.6 Å². The molecule has 8 heteroatoms. The highest BCUT2D eigenvalue weighted by Crippen LogP contribution is 2.36. The van der Waals surface area contributed by atoms with E-state index in [9.17, 15) is 12.8 Å². The Kier molecular flexibility index (Phi) is 6.67. The first-order chi connectivity index (χ1) is 15.8. The molecule has 4 rings (SSSR count). The third-order valence-electron chi connectivity index (χ3n) is 5.80. The Morgan fingerprint density at radius 2 is 1.64 bits per heavy atom. The fourth-order valence-corrected chi connectivity index (χ4v) is 5.95. The van der Waals surface area contributed by atoms with Crippen molar-refractivity contribution in [1.29, 1.82) is 0 Å². The molecule has 0 saturated heterocycles. The second-order valence-corrected chi connectivity index (χ2v) is 10.3. The van der Waals surface area contributed by atoms with Gasteiger partial charge in [-0.2, -0.15) is 0 Å². The summed E-state index contributed by atoms with van der Waals surface area (Å²) in [5, 5.41) is 6.61. The van der Waals surface area contributed by atoms with Gasteiger partial charge in [0.2, 0.25) is 0 Å². The topological polar surface area (TPSA) is 61.4 Å². The highest BCUT2D eigenvalue weighted by Gasteiger charge is 2.33. The van der Waals surface area contributed by atoms with E-state index in [0.29, 0.717) is 34.9 Å². The largest absolute Gasteiger partial charge is 0.332 e. The highest BCUT2D eigenvalue weighted by atomic mass is 32.2. The molecule has 172 valence electrons. The molecular formula is C25H26FN3O2S2. The van der Waals surface area contributed by atoms with Gasteiger partial charge in [0.25, 0.3) is 10.0 Å². The SMILES string of the molecule is CCc1ccc(NC(=S)Nc2ccc(S(=O)(=O)N3c4ccc(F)cc4CCC3C)cc2)cc1. The molecule has 0 bridgehead atoms. The van der Waals surface area contributed by atoms with Gasteiger partial charge in [0.1, 0.15) is 5.82 Å². The summed E-state index contributed by atoms with van der Waals surface area (Å²) >= 11 is 5.38. The average Bonchev–Trinajstić information content (AvgIpc) is 2.79. The van der Waals surface area contributed by atoms with Gasteiger partial charge < -0.3 is 10.6 Å². The standard InChI is InChI=1S/C25H26FN3O2S2/c1-3-18-5-9-21(10-6-18)27-25(32)28-22-11-13-23(14-12-22)33(30,31)29-17(2)4-7-19-16-20(26)8-15-24(19)29/h5-6,8-17H,3-4,7H2,1-2H3,(H2,27,28,32). The van der Waals surface area contributed by atoms with Crippen molar-refractivity contribution in [1.82, 2.24) is 0 Å². The quantitative estimate of drug-likeness (QED) is 0.454. The monoisotopic (exact) mass is 483 g/mol. The number of anilines is 3. The molecule has 3 aromatic rings. The number of fused-ring (bicyclic) bond motifs is 1. The number of aryl methyl sites for hydroxylation is 2. The maximum atomic E-state index is 13.7. The molecule has 3 aromatic carbocycles. The molecule has 0 amide bonds. The van der Waals surface area contributed by atoms with E-state index in [1.807, 2.05) is 31.2 Å². The Morgan fingerprint density at radius 1 is 1.03 bits per heavy atom. The summed E-state index contributed by atoms with van der Waals surface area (Å²) in [7, 11) is -3.80. The zero-order chi connectivity index (χ0) is 23.6. The lowest BCUT2D eigenvalue weighted by Crippen LogP contribution is -2.42. The Morgan fingerprint density at radius 3 is 2.24 bits per heavy atom. The van der Waals surface area contributed by atoms with Crippen LogP contribution >= 0.6 is 12.2 Å². The summed E-state index contributed by atoms with van der Waals surface area (Å²) in [5.74, 6) is -0.359. The van der Waals surface area contributed by atoms with Crippen molar-refractivity contribution in [2.45, 2.75) is 44.0 Å². The van der Waals surface area contributed by atoms with Gasteiger partial charge in [-0.15, -0.1) is 0 Å². The summed E-state index contributed by atoms with van der Waals surface area (Å²) in [5.41, 5.74) is 4.03. The van der Waals surface area contributed by atoms with Crippen LogP contribution in [0.25, 0.3) is 0 Å². The molecule has 1 aliphatic heterocycles. The Labute approximate surface area is 199 Å². The van der Waals surface area contributed by atoms with Crippen molar-refractivity contribution in [2.75, 3.05) is 14.9 Å². The van der Waals surface area contributed by atoms with Crippen molar-refractivity contribution < 1.29 is 12.8 Å². The second-order valence-electron chi connectivity index (χ2n) is 8.12. The van der Waals surface area contributed by atoms with E-state index in [2.05, 4.69) is 17.6 Å². The number of hydrogen-bond acceptors (Lipinski definition) is 3. The average molecular weight is 484 g/mol. The highest BCUT2D eigenvalue weighted by molar-refractivity contribution is 7.92. The Hall–Kier alpha value is -2.97. The first kappa shape index (κ1) is 23.2. The zero-order valence-corrected chi connectivity index (χ0v) is 20.1. The lowest BCUT2D eigenvalue weighted by Gasteiger charge is -2.36. The maximum absolute atomic E-state index is 13.7. The molecule has 33 heavy (non-hydrogen) atoms. The van der Waals surface area contributed by atoms with Gasteiger partial charge in [-0.3, -0.25) is 4.31 Å². The molecule has 0 aliphatic carbocycles. The van der Waals surface area contributed by atoms with Crippen LogP contribution < -0.4 is 14.9 Å². The minimum Gasteiger partial charge on any atom is -0.332 e. The summed E-state index contributed by atoms with van der Waals surface area (Å²) in [6, 6.07) is 18.5. The number of nitrogens with zero attached hydrogens (tertiary/aromatic N) is 1. The van der Waals surface area contributed by atoms with Crippen molar-refractivity contribution in [3.63, 3.8) is 0 Å². The van der Waals surface area contributed by atoms with E-state index in [4.69, 9.17) is 12.2 Å².